The first kappa shape index (κ1) is 15.4. The van der Waals surface area contributed by atoms with Gasteiger partial charge in [0.15, 0.2) is 0 Å². The van der Waals surface area contributed by atoms with Gasteiger partial charge in [0.25, 0.3) is 0 Å². The molecule has 2 heterocycles. The lowest BCUT2D eigenvalue weighted by molar-refractivity contribution is -0.0244. The lowest BCUT2D eigenvalue weighted by Crippen LogP contribution is -2.31. The summed E-state index contributed by atoms with van der Waals surface area (Å²) in [5.74, 6) is 0.505. The standard InChI is InChI=1S/C14H17ClN4O3/c1-6-17-13(15)10-7(4-16-2)5-19(14(10)18-6)8-3-9(20)12(22)11(8)21/h4-5,8-9,11-12,20-22H,3H2,1-2H3/t8-,9+,11+,12-/m1/s1. The fraction of sp³-hybridized carbons (Fsp3) is 0.500. The van der Waals surface area contributed by atoms with E-state index >= 15 is 0 Å². The van der Waals surface area contributed by atoms with Crippen LogP contribution in [0.15, 0.2) is 11.2 Å². The van der Waals surface area contributed by atoms with Crippen LogP contribution in [0.4, 0.5) is 0 Å². The molecule has 0 radical (unpaired) electrons. The third-order valence-corrected chi connectivity index (χ3v) is 4.29. The second-order valence-electron chi connectivity index (χ2n) is 5.49. The number of aliphatic hydroxyl groups excluding tert-OH is 3. The number of rotatable bonds is 2. The van der Waals surface area contributed by atoms with Gasteiger partial charge in [0.05, 0.1) is 17.5 Å². The Bertz CT molecular complexity index is 745. The van der Waals surface area contributed by atoms with Gasteiger partial charge in [0.2, 0.25) is 0 Å². The maximum Gasteiger partial charge on any atom is 0.146 e. The molecule has 3 rings (SSSR count). The van der Waals surface area contributed by atoms with Crippen molar-refractivity contribution in [1.82, 2.24) is 14.5 Å². The van der Waals surface area contributed by atoms with Crippen LogP contribution in [0.3, 0.4) is 0 Å². The van der Waals surface area contributed by atoms with Crippen molar-refractivity contribution in [3.05, 3.63) is 22.7 Å². The number of halogens is 1. The smallest absolute Gasteiger partial charge is 0.146 e. The van der Waals surface area contributed by atoms with E-state index in [1.807, 2.05) is 0 Å². The van der Waals surface area contributed by atoms with Gasteiger partial charge in [-0.05, 0) is 13.3 Å². The Kier molecular flexibility index (Phi) is 3.90. The summed E-state index contributed by atoms with van der Waals surface area (Å²) in [6.07, 6.45) is 0.401. The van der Waals surface area contributed by atoms with E-state index in [1.165, 1.54) is 0 Å². The Morgan fingerprint density at radius 2 is 2.05 bits per heavy atom. The van der Waals surface area contributed by atoms with E-state index in [0.29, 0.717) is 22.0 Å². The summed E-state index contributed by atoms with van der Waals surface area (Å²) in [5.41, 5.74) is 1.28. The molecule has 7 nitrogen and oxygen atoms in total. The number of hydrogen-bond acceptors (Lipinski definition) is 6. The first-order valence-corrected chi connectivity index (χ1v) is 7.33. The zero-order valence-corrected chi connectivity index (χ0v) is 12.9. The summed E-state index contributed by atoms with van der Waals surface area (Å²) in [4.78, 5) is 12.5. The first-order chi connectivity index (χ1) is 10.4. The Morgan fingerprint density at radius 1 is 1.32 bits per heavy atom. The zero-order valence-electron chi connectivity index (χ0n) is 12.2. The highest BCUT2D eigenvalue weighted by atomic mass is 35.5. The Balaban J connectivity index is 2.22. The van der Waals surface area contributed by atoms with Crippen molar-refractivity contribution < 1.29 is 15.3 Å². The van der Waals surface area contributed by atoms with Crippen molar-refractivity contribution in [2.45, 2.75) is 37.7 Å². The zero-order chi connectivity index (χ0) is 16.0. The van der Waals surface area contributed by atoms with Crippen LogP contribution in [0.25, 0.3) is 11.0 Å². The second-order valence-corrected chi connectivity index (χ2v) is 5.85. The minimum Gasteiger partial charge on any atom is -0.390 e. The number of hydrogen-bond donors (Lipinski definition) is 3. The normalized spacial score (nSPS) is 29.0. The van der Waals surface area contributed by atoms with Gasteiger partial charge in [-0.15, -0.1) is 0 Å². The maximum absolute atomic E-state index is 10.2. The molecule has 8 heteroatoms. The summed E-state index contributed by atoms with van der Waals surface area (Å²) in [7, 11) is 1.64. The Labute approximate surface area is 131 Å². The molecule has 0 aliphatic heterocycles. The van der Waals surface area contributed by atoms with Gasteiger partial charge >= 0.3 is 0 Å². The molecule has 2 aromatic heterocycles. The van der Waals surface area contributed by atoms with Gasteiger partial charge in [-0.3, -0.25) is 4.99 Å². The van der Waals surface area contributed by atoms with Gasteiger partial charge in [-0.1, -0.05) is 11.6 Å². The van der Waals surface area contributed by atoms with E-state index in [4.69, 9.17) is 11.6 Å². The van der Waals surface area contributed by atoms with Crippen molar-refractivity contribution in [2.75, 3.05) is 7.05 Å². The molecule has 22 heavy (non-hydrogen) atoms. The molecule has 4 atom stereocenters. The summed E-state index contributed by atoms with van der Waals surface area (Å²) in [6, 6.07) is -0.489. The predicted molar refractivity (Wildman–Crippen MR) is 82.5 cm³/mol. The van der Waals surface area contributed by atoms with E-state index in [-0.39, 0.29) is 6.42 Å². The van der Waals surface area contributed by atoms with E-state index < -0.39 is 24.4 Å². The average molecular weight is 325 g/mol. The highest BCUT2D eigenvalue weighted by Gasteiger charge is 2.42. The van der Waals surface area contributed by atoms with Gasteiger partial charge in [0.1, 0.15) is 28.8 Å². The predicted octanol–water partition coefficient (Wildman–Crippen LogP) is 0.469. The van der Waals surface area contributed by atoms with Gasteiger partial charge in [-0.2, -0.15) is 0 Å². The molecule has 1 aliphatic carbocycles. The molecular weight excluding hydrogens is 308 g/mol. The van der Waals surface area contributed by atoms with Crippen LogP contribution in [-0.2, 0) is 0 Å². The third-order valence-electron chi connectivity index (χ3n) is 4.02. The molecule has 118 valence electrons. The Morgan fingerprint density at radius 3 is 2.64 bits per heavy atom. The highest BCUT2D eigenvalue weighted by Crippen LogP contribution is 2.36. The lowest BCUT2D eigenvalue weighted by Gasteiger charge is -2.18. The monoisotopic (exact) mass is 324 g/mol. The topological polar surface area (TPSA) is 104 Å². The molecular formula is C14H17ClN4O3. The second kappa shape index (κ2) is 5.58. The lowest BCUT2D eigenvalue weighted by atomic mass is 10.2. The first-order valence-electron chi connectivity index (χ1n) is 6.95. The van der Waals surface area contributed by atoms with E-state index in [9.17, 15) is 15.3 Å². The fourth-order valence-corrected chi connectivity index (χ4v) is 3.30. The van der Waals surface area contributed by atoms with Crippen molar-refractivity contribution in [2.24, 2.45) is 4.99 Å². The van der Waals surface area contributed by atoms with Gasteiger partial charge in [0, 0.05) is 25.0 Å². The third kappa shape index (κ3) is 2.30. The summed E-state index contributed by atoms with van der Waals surface area (Å²) in [6.45, 7) is 1.73. The van der Waals surface area contributed by atoms with Crippen LogP contribution in [-0.4, -0.2) is 61.4 Å². The number of nitrogens with zero attached hydrogens (tertiary/aromatic N) is 4. The van der Waals surface area contributed by atoms with Gasteiger partial charge < -0.3 is 19.9 Å². The van der Waals surface area contributed by atoms with Crippen molar-refractivity contribution in [3.63, 3.8) is 0 Å². The van der Waals surface area contributed by atoms with Crippen molar-refractivity contribution in [1.29, 1.82) is 0 Å². The summed E-state index contributed by atoms with van der Waals surface area (Å²) in [5, 5.41) is 30.7. The highest BCUT2D eigenvalue weighted by molar-refractivity contribution is 6.35. The number of aliphatic imine (C=N–C) groups is 1. The summed E-state index contributed by atoms with van der Waals surface area (Å²) >= 11 is 6.23. The molecule has 0 unspecified atom stereocenters. The van der Waals surface area contributed by atoms with E-state index in [2.05, 4.69) is 15.0 Å². The molecule has 0 saturated heterocycles. The molecule has 1 aliphatic rings. The van der Waals surface area contributed by atoms with Crippen molar-refractivity contribution in [3.8, 4) is 0 Å². The molecule has 2 aromatic rings. The molecule has 0 aromatic carbocycles. The molecule has 0 amide bonds. The molecule has 1 saturated carbocycles. The molecule has 0 spiro atoms. The molecule has 1 fully saturated rings. The van der Waals surface area contributed by atoms with Crippen LogP contribution in [0.1, 0.15) is 23.9 Å². The number of aryl methyl sites for hydroxylation is 1. The minimum absolute atomic E-state index is 0.232. The number of aliphatic hydroxyl groups is 3. The van der Waals surface area contributed by atoms with Crippen molar-refractivity contribution >= 4 is 28.8 Å². The average Bonchev–Trinajstić information content (AvgIpc) is 2.92. The number of fused-ring (bicyclic) bond motifs is 1. The molecule has 3 N–H and O–H groups in total. The van der Waals surface area contributed by atoms with Crippen LogP contribution >= 0.6 is 11.6 Å². The largest absolute Gasteiger partial charge is 0.390 e. The van der Waals surface area contributed by atoms with Gasteiger partial charge in [-0.25, -0.2) is 9.97 Å². The van der Waals surface area contributed by atoms with Crippen LogP contribution in [0.2, 0.25) is 5.15 Å². The van der Waals surface area contributed by atoms with E-state index in [0.717, 1.165) is 5.56 Å². The van der Waals surface area contributed by atoms with Crippen LogP contribution in [0.5, 0.6) is 0 Å². The van der Waals surface area contributed by atoms with E-state index in [1.54, 1.807) is 30.9 Å². The fourth-order valence-electron chi connectivity index (χ4n) is 2.98. The van der Waals surface area contributed by atoms with Crippen LogP contribution in [0, 0.1) is 6.92 Å². The summed E-state index contributed by atoms with van der Waals surface area (Å²) < 4.78 is 1.73. The SMILES string of the molecule is CN=Cc1cn([C@@H]2C[C@H](O)[C@@H](O)[C@H]2O)c2nc(C)nc(Cl)c12. The number of aromatic nitrogens is 3. The minimum atomic E-state index is -1.18. The maximum atomic E-state index is 10.2. The van der Waals surface area contributed by atoms with Crippen LogP contribution < -0.4 is 0 Å². The quantitative estimate of drug-likeness (QED) is 0.550. The Hall–Kier alpha value is -1.54. The molecule has 0 bridgehead atoms.